The Kier molecular flexibility index (Phi) is 4.10. The van der Waals surface area contributed by atoms with Crippen LogP contribution < -0.4 is 15.8 Å². The molecule has 0 bridgehead atoms. The van der Waals surface area contributed by atoms with Gasteiger partial charge in [0.15, 0.2) is 0 Å². The van der Waals surface area contributed by atoms with Crippen molar-refractivity contribution in [3.8, 4) is 5.75 Å². The number of hydrogen-bond acceptors (Lipinski definition) is 3. The lowest BCUT2D eigenvalue weighted by Crippen LogP contribution is -2.48. The molecule has 0 spiro atoms. The molecule has 1 aliphatic rings. The number of aryl methyl sites for hydroxylation is 1. The van der Waals surface area contributed by atoms with Gasteiger partial charge in [0.2, 0.25) is 5.91 Å². The number of nitrogens with two attached hydrogens (primary N) is 1. The van der Waals surface area contributed by atoms with Gasteiger partial charge in [0.05, 0.1) is 6.61 Å². The molecule has 0 radical (unpaired) electrons. The first-order valence-electron chi connectivity index (χ1n) is 6.84. The highest BCUT2D eigenvalue weighted by Crippen LogP contribution is 2.32. The van der Waals surface area contributed by atoms with E-state index in [2.05, 4.69) is 5.32 Å². The third-order valence-electron chi connectivity index (χ3n) is 3.64. The fourth-order valence-corrected chi connectivity index (χ4v) is 2.35. The van der Waals surface area contributed by atoms with E-state index in [0.717, 1.165) is 36.3 Å². The second-order valence-electron chi connectivity index (χ2n) is 5.35. The molecule has 1 saturated carbocycles. The van der Waals surface area contributed by atoms with Gasteiger partial charge in [-0.3, -0.25) is 4.79 Å². The van der Waals surface area contributed by atoms with E-state index in [1.165, 1.54) is 0 Å². The van der Waals surface area contributed by atoms with Crippen molar-refractivity contribution in [2.75, 3.05) is 11.9 Å². The second-order valence-corrected chi connectivity index (χ2v) is 5.35. The standard InChI is InChI=1S/C15H22N2O2/c1-3-19-12-5-6-13(11(2)9-12)17-14(18)10-15(16)7-4-8-15/h5-6,9H,3-4,7-8,10,16H2,1-2H3,(H,17,18). The van der Waals surface area contributed by atoms with Crippen molar-refractivity contribution >= 4 is 11.6 Å². The number of rotatable bonds is 5. The zero-order valence-electron chi connectivity index (χ0n) is 11.7. The number of carbonyl (C=O) groups excluding carboxylic acids is 1. The quantitative estimate of drug-likeness (QED) is 0.857. The number of nitrogens with one attached hydrogen (secondary N) is 1. The van der Waals surface area contributed by atoms with Crippen LogP contribution in [0.3, 0.4) is 0 Å². The van der Waals surface area contributed by atoms with Crippen molar-refractivity contribution in [1.82, 2.24) is 0 Å². The Balaban J connectivity index is 1.96. The maximum atomic E-state index is 12.0. The van der Waals surface area contributed by atoms with Gasteiger partial charge in [-0.15, -0.1) is 0 Å². The van der Waals surface area contributed by atoms with E-state index >= 15 is 0 Å². The van der Waals surface area contributed by atoms with Crippen LogP contribution in [0.5, 0.6) is 5.75 Å². The zero-order chi connectivity index (χ0) is 13.9. The van der Waals surface area contributed by atoms with Crippen LogP contribution in [0.15, 0.2) is 18.2 Å². The third-order valence-corrected chi connectivity index (χ3v) is 3.64. The minimum atomic E-state index is -0.275. The Bertz CT molecular complexity index is 467. The number of ether oxygens (including phenoxy) is 1. The largest absolute Gasteiger partial charge is 0.494 e. The normalized spacial score (nSPS) is 16.6. The summed E-state index contributed by atoms with van der Waals surface area (Å²) in [5.41, 5.74) is 7.63. The highest BCUT2D eigenvalue weighted by molar-refractivity contribution is 5.92. The molecule has 2 rings (SSSR count). The summed E-state index contributed by atoms with van der Waals surface area (Å²) in [6.45, 7) is 4.55. The Labute approximate surface area is 114 Å². The van der Waals surface area contributed by atoms with Gasteiger partial charge >= 0.3 is 0 Å². The highest BCUT2D eigenvalue weighted by Gasteiger charge is 2.34. The molecule has 19 heavy (non-hydrogen) atoms. The Morgan fingerprint density at radius 1 is 1.47 bits per heavy atom. The molecule has 1 aromatic carbocycles. The number of hydrogen-bond donors (Lipinski definition) is 2. The fourth-order valence-electron chi connectivity index (χ4n) is 2.35. The minimum Gasteiger partial charge on any atom is -0.494 e. The summed E-state index contributed by atoms with van der Waals surface area (Å²) in [7, 11) is 0. The molecule has 1 aliphatic carbocycles. The molecule has 4 heteroatoms. The molecule has 0 heterocycles. The number of anilines is 1. The molecule has 4 nitrogen and oxygen atoms in total. The molecule has 0 saturated heterocycles. The van der Waals surface area contributed by atoms with Crippen molar-refractivity contribution in [1.29, 1.82) is 0 Å². The Hall–Kier alpha value is -1.55. The first-order valence-corrected chi connectivity index (χ1v) is 6.84. The van der Waals surface area contributed by atoms with Gasteiger partial charge in [0, 0.05) is 17.6 Å². The van der Waals surface area contributed by atoms with Crippen LogP contribution >= 0.6 is 0 Å². The molecule has 0 aliphatic heterocycles. The molecule has 1 amide bonds. The lowest BCUT2D eigenvalue weighted by molar-refractivity contribution is -0.118. The van der Waals surface area contributed by atoms with E-state index in [1.54, 1.807) is 0 Å². The minimum absolute atomic E-state index is 0.00513. The maximum Gasteiger partial charge on any atom is 0.226 e. The van der Waals surface area contributed by atoms with Gasteiger partial charge in [-0.05, 0) is 56.9 Å². The SMILES string of the molecule is CCOc1ccc(NC(=O)CC2(N)CCC2)c(C)c1. The number of carbonyl (C=O) groups is 1. The molecule has 3 N–H and O–H groups in total. The van der Waals surface area contributed by atoms with Gasteiger partial charge in [-0.25, -0.2) is 0 Å². The van der Waals surface area contributed by atoms with Crippen LogP contribution in [0.4, 0.5) is 5.69 Å². The smallest absolute Gasteiger partial charge is 0.226 e. The summed E-state index contributed by atoms with van der Waals surface area (Å²) < 4.78 is 5.42. The van der Waals surface area contributed by atoms with Gasteiger partial charge < -0.3 is 15.8 Å². The van der Waals surface area contributed by atoms with Crippen LogP contribution in [-0.2, 0) is 4.79 Å². The van der Waals surface area contributed by atoms with Crippen molar-refractivity contribution in [3.05, 3.63) is 23.8 Å². The summed E-state index contributed by atoms with van der Waals surface area (Å²) >= 11 is 0. The monoisotopic (exact) mass is 262 g/mol. The average molecular weight is 262 g/mol. The number of amides is 1. The van der Waals surface area contributed by atoms with Gasteiger partial charge in [-0.1, -0.05) is 0 Å². The van der Waals surface area contributed by atoms with E-state index in [4.69, 9.17) is 10.5 Å². The molecular formula is C15H22N2O2. The molecule has 0 atom stereocenters. The second kappa shape index (κ2) is 5.61. The van der Waals surface area contributed by atoms with Crippen molar-refractivity contribution in [3.63, 3.8) is 0 Å². The predicted molar refractivity (Wildman–Crippen MR) is 76.4 cm³/mol. The summed E-state index contributed by atoms with van der Waals surface area (Å²) in [5.74, 6) is 0.821. The van der Waals surface area contributed by atoms with Gasteiger partial charge in [0.1, 0.15) is 5.75 Å². The van der Waals surface area contributed by atoms with Crippen LogP contribution in [-0.4, -0.2) is 18.1 Å². The van der Waals surface area contributed by atoms with Crippen LogP contribution in [0, 0.1) is 6.92 Å². The molecule has 1 fully saturated rings. The van der Waals surface area contributed by atoms with E-state index in [1.807, 2.05) is 32.0 Å². The molecule has 0 aromatic heterocycles. The highest BCUT2D eigenvalue weighted by atomic mass is 16.5. The summed E-state index contributed by atoms with van der Waals surface area (Å²) in [6.07, 6.45) is 3.43. The fraction of sp³-hybridized carbons (Fsp3) is 0.533. The molecule has 0 unspecified atom stereocenters. The zero-order valence-corrected chi connectivity index (χ0v) is 11.7. The lowest BCUT2D eigenvalue weighted by atomic mass is 9.75. The topological polar surface area (TPSA) is 64.3 Å². The van der Waals surface area contributed by atoms with E-state index in [9.17, 15) is 4.79 Å². The summed E-state index contributed by atoms with van der Waals surface area (Å²) in [4.78, 5) is 12.0. The van der Waals surface area contributed by atoms with Crippen molar-refractivity contribution in [2.24, 2.45) is 5.73 Å². The first kappa shape index (κ1) is 13.9. The summed E-state index contributed by atoms with van der Waals surface area (Å²) in [5, 5.41) is 2.93. The first-order chi connectivity index (χ1) is 9.02. The van der Waals surface area contributed by atoms with Gasteiger partial charge in [0.25, 0.3) is 0 Å². The van der Waals surface area contributed by atoms with Gasteiger partial charge in [-0.2, -0.15) is 0 Å². The third kappa shape index (κ3) is 3.47. The van der Waals surface area contributed by atoms with E-state index < -0.39 is 0 Å². The van der Waals surface area contributed by atoms with Crippen LogP contribution in [0.25, 0.3) is 0 Å². The number of benzene rings is 1. The predicted octanol–water partition coefficient (Wildman–Crippen LogP) is 2.60. The molecular weight excluding hydrogens is 240 g/mol. The van der Waals surface area contributed by atoms with Crippen LogP contribution in [0.1, 0.15) is 38.2 Å². The summed E-state index contributed by atoms with van der Waals surface area (Å²) in [6, 6.07) is 5.68. The van der Waals surface area contributed by atoms with E-state index in [0.29, 0.717) is 13.0 Å². The molecule has 104 valence electrons. The average Bonchev–Trinajstić information content (AvgIpc) is 2.31. The lowest BCUT2D eigenvalue weighted by Gasteiger charge is -2.37. The Morgan fingerprint density at radius 3 is 2.74 bits per heavy atom. The Morgan fingerprint density at radius 2 is 2.21 bits per heavy atom. The maximum absolute atomic E-state index is 12.0. The van der Waals surface area contributed by atoms with E-state index in [-0.39, 0.29) is 11.4 Å². The molecule has 1 aromatic rings. The van der Waals surface area contributed by atoms with Crippen molar-refractivity contribution in [2.45, 2.75) is 45.1 Å². The van der Waals surface area contributed by atoms with Crippen molar-refractivity contribution < 1.29 is 9.53 Å². The van der Waals surface area contributed by atoms with Crippen LogP contribution in [0.2, 0.25) is 0 Å².